The molecule has 55 heavy (non-hydrogen) atoms. The molecule has 1 aliphatic carbocycles. The van der Waals surface area contributed by atoms with Crippen molar-refractivity contribution in [1.29, 1.82) is 0 Å². The van der Waals surface area contributed by atoms with Gasteiger partial charge in [0.1, 0.15) is 18.2 Å². The lowest BCUT2D eigenvalue weighted by atomic mass is 9.82. The Labute approximate surface area is 328 Å². The number of carbonyl (C=O) groups excluding carboxylic acids is 3. The van der Waals surface area contributed by atoms with Crippen LogP contribution in [0.4, 0.5) is 0 Å². The van der Waals surface area contributed by atoms with Crippen LogP contribution in [-0.4, -0.2) is 121 Å². The molecule has 1 saturated carbocycles. The highest BCUT2D eigenvalue weighted by Gasteiger charge is 2.57. The molecule has 12 nitrogen and oxygen atoms in total. The van der Waals surface area contributed by atoms with Crippen molar-refractivity contribution < 1.29 is 53.0 Å². The number of ether oxygens (including phenoxy) is 6. The molecule has 3 saturated heterocycles. The van der Waals surface area contributed by atoms with Gasteiger partial charge in [-0.15, -0.1) is 0 Å². The molecule has 4 aliphatic heterocycles. The number of ketones is 1. The molecule has 0 radical (unpaired) electrons. The summed E-state index contributed by atoms with van der Waals surface area (Å²) in [6.45, 7) is 12.3. The number of carbonyl (C=O) groups is 3. The van der Waals surface area contributed by atoms with E-state index in [2.05, 4.69) is 39.8 Å². The highest BCUT2D eigenvalue weighted by Crippen LogP contribution is 2.43. The minimum Gasteiger partial charge on any atom is -0.456 e. The zero-order valence-corrected chi connectivity index (χ0v) is 34.8. The van der Waals surface area contributed by atoms with Crippen LogP contribution in [0.5, 0.6) is 0 Å². The zero-order valence-electron chi connectivity index (χ0n) is 34.8. The number of hydrogen-bond acceptors (Lipinski definition) is 11. The number of esters is 1. The SMILES string of the molecule is CCC12/C=C(\C)C[C@H](C)C[C@H](OC)[C@H]3O[C@@](O)(C(=O)C(=O)N4CCCC[C@H]4C(=O)OC(/C(C)=C/[C@@H]4CC[C@@H](O)[C@H](OC)C4)[C@H](C)[C@H](CC1)O2)[C@H](C)C[C@@H]3OC. The number of nitrogens with zero attached hydrogens (tertiary/aromatic N) is 1. The third-order valence-corrected chi connectivity index (χ3v) is 13.5. The standard InChI is InChI=1S/C43H69NO11/c1-10-42-17-16-33(54-42)29(6)37(27(4)21-30-14-15-32(45)34(23-30)50-7)53-41(48)31-13-11-12-18-44(31)40(47)39(46)43(49)28(5)22-36(52-9)38(55-43)35(51-8)20-25(2)19-26(3)24-42/h21,24-25,28-38,45,49H,10-20,22-23H2,1-9H3/b26-24+,27-21+/t25-,28+,29+,30-,31-,32+,33-,34+,35-,36-,37?,38+,42?,43+/m0/s1. The van der Waals surface area contributed by atoms with Crippen LogP contribution in [-0.2, 0) is 42.8 Å². The molecule has 1 amide bonds. The third-order valence-electron chi connectivity index (χ3n) is 13.5. The van der Waals surface area contributed by atoms with Crippen LogP contribution >= 0.6 is 0 Å². The topological polar surface area (TPSA) is 150 Å². The van der Waals surface area contributed by atoms with Gasteiger partial charge in [0.05, 0.1) is 36.1 Å². The van der Waals surface area contributed by atoms with Crippen molar-refractivity contribution in [3.63, 3.8) is 0 Å². The molecule has 0 aromatic carbocycles. The first kappa shape index (κ1) is 43.9. The van der Waals surface area contributed by atoms with Gasteiger partial charge in [-0.05, 0) is 108 Å². The molecule has 2 N–H and O–H groups in total. The van der Waals surface area contributed by atoms with Crippen molar-refractivity contribution >= 4 is 17.7 Å². The highest BCUT2D eigenvalue weighted by molar-refractivity contribution is 6.39. The fourth-order valence-corrected chi connectivity index (χ4v) is 10.1. The molecule has 4 fully saturated rings. The summed E-state index contributed by atoms with van der Waals surface area (Å²) in [4.78, 5) is 44.2. The summed E-state index contributed by atoms with van der Waals surface area (Å²) in [5, 5.41) is 22.5. The van der Waals surface area contributed by atoms with E-state index in [0.29, 0.717) is 38.5 Å². The maximum absolute atomic E-state index is 14.4. The van der Waals surface area contributed by atoms with E-state index in [-0.39, 0.29) is 42.9 Å². The van der Waals surface area contributed by atoms with E-state index in [0.717, 1.165) is 37.7 Å². The fraction of sp³-hybridized carbons (Fsp3) is 0.837. The van der Waals surface area contributed by atoms with Crippen molar-refractivity contribution in [3.05, 3.63) is 23.3 Å². The average Bonchev–Trinajstić information content (AvgIpc) is 3.60. The molecule has 0 aromatic rings. The Morgan fingerprint density at radius 3 is 2.31 bits per heavy atom. The van der Waals surface area contributed by atoms with Gasteiger partial charge in [-0.2, -0.15) is 0 Å². The Bertz CT molecular complexity index is 1420. The first-order valence-corrected chi connectivity index (χ1v) is 20.9. The third kappa shape index (κ3) is 9.58. The van der Waals surface area contributed by atoms with E-state index in [1.807, 2.05) is 6.92 Å². The summed E-state index contributed by atoms with van der Waals surface area (Å²) < 4.78 is 37.2. The van der Waals surface area contributed by atoms with Crippen molar-refractivity contribution in [2.45, 2.75) is 179 Å². The Hall–Kier alpha value is -2.19. The maximum atomic E-state index is 14.4. The molecule has 12 heteroatoms. The predicted octanol–water partition coefficient (Wildman–Crippen LogP) is 5.45. The molecule has 5 rings (SSSR count). The van der Waals surface area contributed by atoms with Crippen LogP contribution in [0.15, 0.2) is 23.3 Å². The van der Waals surface area contributed by atoms with Gasteiger partial charge in [-0.25, -0.2) is 4.79 Å². The minimum atomic E-state index is -2.44. The quantitative estimate of drug-likeness (QED) is 0.201. The molecule has 312 valence electrons. The van der Waals surface area contributed by atoms with Gasteiger partial charge in [0, 0.05) is 39.7 Å². The zero-order chi connectivity index (χ0) is 40.2. The summed E-state index contributed by atoms with van der Waals surface area (Å²) in [6.07, 6.45) is 8.61. The van der Waals surface area contributed by atoms with Crippen LogP contribution in [0.25, 0.3) is 0 Å². The Kier molecular flexibility index (Phi) is 14.9. The molecule has 14 atom stereocenters. The van der Waals surface area contributed by atoms with Gasteiger partial charge in [-0.3, -0.25) is 9.59 Å². The molecule has 0 spiro atoms. The first-order chi connectivity index (χ1) is 26.1. The van der Waals surface area contributed by atoms with Crippen LogP contribution in [0, 0.1) is 23.7 Å². The number of aliphatic hydroxyl groups excluding tert-OH is 1. The second kappa shape index (κ2) is 18.6. The molecule has 5 aliphatic rings. The van der Waals surface area contributed by atoms with Crippen LogP contribution < -0.4 is 0 Å². The van der Waals surface area contributed by atoms with Gasteiger partial charge in [0.2, 0.25) is 5.79 Å². The smallest absolute Gasteiger partial charge is 0.329 e. The largest absolute Gasteiger partial charge is 0.456 e. The minimum absolute atomic E-state index is 0.120. The van der Waals surface area contributed by atoms with Crippen molar-refractivity contribution in [3.8, 4) is 0 Å². The first-order valence-electron chi connectivity index (χ1n) is 20.9. The summed E-state index contributed by atoms with van der Waals surface area (Å²) in [7, 11) is 4.77. The Balaban J connectivity index is 1.54. The number of allylic oxidation sites excluding steroid dienone is 2. The normalized spacial score (nSPS) is 44.0. The van der Waals surface area contributed by atoms with Crippen molar-refractivity contribution in [2.75, 3.05) is 27.9 Å². The lowest BCUT2D eigenvalue weighted by Crippen LogP contribution is -2.64. The Morgan fingerprint density at radius 1 is 0.945 bits per heavy atom. The number of piperidine rings is 1. The van der Waals surface area contributed by atoms with Crippen molar-refractivity contribution in [1.82, 2.24) is 4.90 Å². The molecular formula is C43H69NO11. The summed E-state index contributed by atoms with van der Waals surface area (Å²) in [5.41, 5.74) is 1.61. The second-order valence-electron chi connectivity index (χ2n) is 17.5. The summed E-state index contributed by atoms with van der Waals surface area (Å²) in [5.74, 6) is -5.80. The second-order valence-corrected chi connectivity index (χ2v) is 17.5. The Morgan fingerprint density at radius 2 is 1.64 bits per heavy atom. The lowest BCUT2D eigenvalue weighted by Gasteiger charge is -2.47. The molecule has 4 bridgehead atoms. The number of cyclic esters (lactones) is 1. The number of methoxy groups -OCH3 is 3. The molecule has 0 aromatic heterocycles. The average molecular weight is 776 g/mol. The van der Waals surface area contributed by atoms with Gasteiger partial charge in [0.15, 0.2) is 0 Å². The van der Waals surface area contributed by atoms with Gasteiger partial charge in [0.25, 0.3) is 11.7 Å². The van der Waals surface area contributed by atoms with E-state index >= 15 is 0 Å². The number of fused-ring (bicyclic) bond motifs is 5. The highest BCUT2D eigenvalue weighted by atomic mass is 16.7. The number of rotatable bonds is 6. The number of aliphatic hydroxyl groups is 2. The molecule has 2 unspecified atom stereocenters. The summed E-state index contributed by atoms with van der Waals surface area (Å²) in [6, 6.07) is -1.01. The van der Waals surface area contributed by atoms with Gasteiger partial charge >= 0.3 is 5.97 Å². The number of hydrogen-bond donors (Lipinski definition) is 2. The number of Topliss-reactive ketones (excluding diaryl/α,β-unsaturated/α-hetero) is 1. The molecular weight excluding hydrogens is 706 g/mol. The van der Waals surface area contributed by atoms with E-state index in [4.69, 9.17) is 28.4 Å². The molecule has 4 heterocycles. The van der Waals surface area contributed by atoms with E-state index in [1.165, 1.54) is 10.5 Å². The van der Waals surface area contributed by atoms with E-state index < -0.39 is 71.5 Å². The van der Waals surface area contributed by atoms with E-state index in [9.17, 15) is 24.6 Å². The van der Waals surface area contributed by atoms with Crippen molar-refractivity contribution in [2.24, 2.45) is 23.7 Å². The fourth-order valence-electron chi connectivity index (χ4n) is 10.1. The monoisotopic (exact) mass is 775 g/mol. The maximum Gasteiger partial charge on any atom is 0.329 e. The van der Waals surface area contributed by atoms with E-state index in [1.54, 1.807) is 28.3 Å². The summed E-state index contributed by atoms with van der Waals surface area (Å²) >= 11 is 0. The van der Waals surface area contributed by atoms with Gasteiger partial charge < -0.3 is 43.5 Å². The van der Waals surface area contributed by atoms with Gasteiger partial charge in [-0.1, -0.05) is 45.4 Å². The van der Waals surface area contributed by atoms with Crippen LogP contribution in [0.2, 0.25) is 0 Å². The lowest BCUT2D eigenvalue weighted by molar-refractivity contribution is -0.302. The van der Waals surface area contributed by atoms with Crippen LogP contribution in [0.1, 0.15) is 119 Å². The van der Waals surface area contributed by atoms with Crippen LogP contribution in [0.3, 0.4) is 0 Å². The predicted molar refractivity (Wildman–Crippen MR) is 206 cm³/mol. The number of amides is 1.